The second kappa shape index (κ2) is 3.34. The van der Waals surface area contributed by atoms with E-state index in [-0.39, 0.29) is 0 Å². The molecule has 0 bridgehead atoms. The molecule has 0 saturated carbocycles. The highest BCUT2D eigenvalue weighted by Gasteiger charge is 2.03. The lowest BCUT2D eigenvalue weighted by molar-refractivity contribution is 0.709. The maximum absolute atomic E-state index is 3.96. The molecular formula is C6H13N5. The summed E-state index contributed by atoms with van der Waals surface area (Å²) in [6.45, 7) is 0.741. The van der Waals surface area contributed by atoms with Gasteiger partial charge < -0.3 is 10.6 Å². The van der Waals surface area contributed by atoms with Gasteiger partial charge in [-0.15, -0.1) is 10.2 Å². The van der Waals surface area contributed by atoms with E-state index in [4.69, 9.17) is 0 Å². The Balaban J connectivity index is 2.82. The van der Waals surface area contributed by atoms with Crippen molar-refractivity contribution in [3.05, 3.63) is 5.82 Å². The van der Waals surface area contributed by atoms with Crippen LogP contribution in [-0.2, 0) is 13.6 Å². The molecule has 0 fully saturated rings. The van der Waals surface area contributed by atoms with Crippen LogP contribution in [0.3, 0.4) is 0 Å². The van der Waals surface area contributed by atoms with Gasteiger partial charge in [-0.25, -0.2) is 0 Å². The van der Waals surface area contributed by atoms with Gasteiger partial charge in [-0.1, -0.05) is 0 Å². The molecular weight excluding hydrogens is 142 g/mol. The molecule has 0 aromatic carbocycles. The third kappa shape index (κ3) is 1.48. The molecule has 0 saturated heterocycles. The first kappa shape index (κ1) is 8.00. The maximum Gasteiger partial charge on any atom is 0.224 e. The Bertz CT molecular complexity index is 229. The second-order valence-corrected chi connectivity index (χ2v) is 2.28. The first-order chi connectivity index (χ1) is 5.29. The SMILES string of the molecule is CNCc1nnc(NC)n1C. The van der Waals surface area contributed by atoms with Crippen molar-refractivity contribution in [2.24, 2.45) is 7.05 Å². The Kier molecular flexibility index (Phi) is 2.43. The van der Waals surface area contributed by atoms with Crippen LogP contribution in [0.5, 0.6) is 0 Å². The fraction of sp³-hybridized carbons (Fsp3) is 0.667. The fourth-order valence-corrected chi connectivity index (χ4v) is 0.891. The van der Waals surface area contributed by atoms with Crippen LogP contribution in [0.2, 0.25) is 0 Å². The first-order valence-corrected chi connectivity index (χ1v) is 3.50. The molecule has 0 aliphatic rings. The van der Waals surface area contributed by atoms with Gasteiger partial charge in [-0.2, -0.15) is 0 Å². The summed E-state index contributed by atoms with van der Waals surface area (Å²) in [5.41, 5.74) is 0. The van der Waals surface area contributed by atoms with Gasteiger partial charge in [-0.3, -0.25) is 4.57 Å². The molecule has 0 spiro atoms. The average molecular weight is 155 g/mol. The predicted octanol–water partition coefficient (Wildman–Crippen LogP) is -0.424. The Labute approximate surface area is 65.8 Å². The zero-order chi connectivity index (χ0) is 8.27. The number of anilines is 1. The van der Waals surface area contributed by atoms with Gasteiger partial charge >= 0.3 is 0 Å². The lowest BCUT2D eigenvalue weighted by atomic mass is 10.6. The van der Waals surface area contributed by atoms with Crippen LogP contribution in [0.4, 0.5) is 5.95 Å². The van der Waals surface area contributed by atoms with Crippen molar-refractivity contribution < 1.29 is 0 Å². The van der Waals surface area contributed by atoms with Crippen LogP contribution in [0.1, 0.15) is 5.82 Å². The molecule has 62 valence electrons. The molecule has 5 heteroatoms. The molecule has 2 N–H and O–H groups in total. The summed E-state index contributed by atoms with van der Waals surface area (Å²) in [5, 5.41) is 13.8. The van der Waals surface area contributed by atoms with Crippen molar-refractivity contribution in [3.63, 3.8) is 0 Å². The Morgan fingerprint density at radius 3 is 2.55 bits per heavy atom. The molecule has 0 radical (unpaired) electrons. The van der Waals surface area contributed by atoms with Crippen LogP contribution in [0.15, 0.2) is 0 Å². The van der Waals surface area contributed by atoms with Gasteiger partial charge in [-0.05, 0) is 7.05 Å². The van der Waals surface area contributed by atoms with Crippen molar-refractivity contribution in [1.29, 1.82) is 0 Å². The normalized spacial score (nSPS) is 10.1. The molecule has 1 aromatic rings. The van der Waals surface area contributed by atoms with E-state index < -0.39 is 0 Å². The predicted molar refractivity (Wildman–Crippen MR) is 43.3 cm³/mol. The summed E-state index contributed by atoms with van der Waals surface area (Å²) < 4.78 is 1.91. The molecule has 5 nitrogen and oxygen atoms in total. The summed E-state index contributed by atoms with van der Waals surface area (Å²) in [6, 6.07) is 0. The number of nitrogens with one attached hydrogen (secondary N) is 2. The van der Waals surface area contributed by atoms with Gasteiger partial charge in [0.1, 0.15) is 5.82 Å². The van der Waals surface area contributed by atoms with E-state index in [0.717, 1.165) is 18.3 Å². The fourth-order valence-electron chi connectivity index (χ4n) is 0.891. The highest BCUT2D eigenvalue weighted by atomic mass is 15.3. The first-order valence-electron chi connectivity index (χ1n) is 3.50. The summed E-state index contributed by atoms with van der Waals surface area (Å²) in [5.74, 6) is 1.71. The van der Waals surface area contributed by atoms with E-state index >= 15 is 0 Å². The summed E-state index contributed by atoms with van der Waals surface area (Å²) >= 11 is 0. The van der Waals surface area contributed by atoms with Gasteiger partial charge in [0.15, 0.2) is 0 Å². The molecule has 0 unspecified atom stereocenters. The van der Waals surface area contributed by atoms with Crippen molar-refractivity contribution in [2.75, 3.05) is 19.4 Å². The standard InChI is InChI=1S/C6H13N5/c1-7-4-5-9-10-6(8-2)11(5)3/h7H,4H2,1-3H3,(H,8,10). The Morgan fingerprint density at radius 2 is 2.09 bits per heavy atom. The van der Waals surface area contributed by atoms with Crippen LogP contribution >= 0.6 is 0 Å². The van der Waals surface area contributed by atoms with E-state index in [1.165, 1.54) is 0 Å². The summed E-state index contributed by atoms with van der Waals surface area (Å²) in [7, 11) is 5.64. The third-order valence-corrected chi connectivity index (χ3v) is 1.52. The molecule has 0 aliphatic heterocycles. The third-order valence-electron chi connectivity index (χ3n) is 1.52. The van der Waals surface area contributed by atoms with Crippen LogP contribution in [0, 0.1) is 0 Å². The minimum Gasteiger partial charge on any atom is -0.357 e. The number of aromatic nitrogens is 3. The largest absolute Gasteiger partial charge is 0.357 e. The van der Waals surface area contributed by atoms with E-state index in [0.29, 0.717) is 0 Å². The number of hydrogen-bond donors (Lipinski definition) is 2. The summed E-state index contributed by atoms with van der Waals surface area (Å²) in [4.78, 5) is 0. The Hall–Kier alpha value is -1.10. The molecule has 11 heavy (non-hydrogen) atoms. The second-order valence-electron chi connectivity index (χ2n) is 2.28. The average Bonchev–Trinajstić information content (AvgIpc) is 2.34. The van der Waals surface area contributed by atoms with E-state index in [1.807, 2.05) is 25.7 Å². The van der Waals surface area contributed by atoms with E-state index in [2.05, 4.69) is 20.8 Å². The van der Waals surface area contributed by atoms with Crippen molar-refractivity contribution in [2.45, 2.75) is 6.54 Å². The monoisotopic (exact) mass is 155 g/mol. The van der Waals surface area contributed by atoms with Crippen molar-refractivity contribution in [1.82, 2.24) is 20.1 Å². The van der Waals surface area contributed by atoms with Gasteiger partial charge in [0, 0.05) is 14.1 Å². The quantitative estimate of drug-likeness (QED) is 0.622. The van der Waals surface area contributed by atoms with Gasteiger partial charge in [0.25, 0.3) is 0 Å². The lowest BCUT2D eigenvalue weighted by Crippen LogP contribution is -2.11. The van der Waals surface area contributed by atoms with Crippen molar-refractivity contribution >= 4 is 5.95 Å². The van der Waals surface area contributed by atoms with Gasteiger partial charge in [0.05, 0.1) is 6.54 Å². The minimum atomic E-state index is 0.741. The molecule has 1 rings (SSSR count). The van der Waals surface area contributed by atoms with Gasteiger partial charge in [0.2, 0.25) is 5.95 Å². The number of nitrogens with zero attached hydrogens (tertiary/aromatic N) is 3. The highest BCUT2D eigenvalue weighted by Crippen LogP contribution is 2.02. The molecule has 0 atom stereocenters. The maximum atomic E-state index is 3.96. The van der Waals surface area contributed by atoms with Crippen LogP contribution in [0.25, 0.3) is 0 Å². The number of rotatable bonds is 3. The van der Waals surface area contributed by atoms with E-state index in [9.17, 15) is 0 Å². The van der Waals surface area contributed by atoms with E-state index in [1.54, 1.807) is 0 Å². The number of hydrogen-bond acceptors (Lipinski definition) is 4. The smallest absolute Gasteiger partial charge is 0.224 e. The van der Waals surface area contributed by atoms with Crippen LogP contribution < -0.4 is 10.6 Å². The summed E-state index contributed by atoms with van der Waals surface area (Å²) in [6.07, 6.45) is 0. The molecule has 0 aliphatic carbocycles. The Morgan fingerprint density at radius 1 is 1.36 bits per heavy atom. The molecule has 1 aromatic heterocycles. The topological polar surface area (TPSA) is 54.8 Å². The zero-order valence-electron chi connectivity index (χ0n) is 7.05. The molecule has 0 amide bonds. The molecule has 1 heterocycles. The highest BCUT2D eigenvalue weighted by molar-refractivity contribution is 5.23. The zero-order valence-corrected chi connectivity index (χ0v) is 7.05. The van der Waals surface area contributed by atoms with Crippen LogP contribution in [-0.4, -0.2) is 28.9 Å². The minimum absolute atomic E-state index is 0.741. The van der Waals surface area contributed by atoms with Crippen molar-refractivity contribution in [3.8, 4) is 0 Å². The lowest BCUT2D eigenvalue weighted by Gasteiger charge is -2.00.